The minimum atomic E-state index is -2.17. The molecule has 4 aliphatic carbocycles. The van der Waals surface area contributed by atoms with Crippen LogP contribution in [0, 0.1) is 28.6 Å². The van der Waals surface area contributed by atoms with Gasteiger partial charge in [0.05, 0.1) is 12.2 Å². The molecule has 0 spiro atoms. The van der Waals surface area contributed by atoms with E-state index in [1.165, 1.54) is 0 Å². The van der Waals surface area contributed by atoms with Crippen LogP contribution in [0.5, 0.6) is 0 Å². The number of fused-ring (bicyclic) bond motifs is 7. The van der Waals surface area contributed by atoms with Crippen LogP contribution in [0.4, 0.5) is 0 Å². The molecule has 0 radical (unpaired) electrons. The highest BCUT2D eigenvalue weighted by Crippen LogP contribution is 2.70. The van der Waals surface area contributed by atoms with E-state index >= 15 is 0 Å². The molecule has 170 valence electrons. The van der Waals surface area contributed by atoms with Crippen LogP contribution >= 0.6 is 0 Å². The number of ether oxygens (including phenoxy) is 2. The summed E-state index contributed by atoms with van der Waals surface area (Å²) in [4.78, 5) is 25.2. The smallest absolute Gasteiger partial charge is 0.223 e. The highest BCUT2D eigenvalue weighted by atomic mass is 16.8. The first-order chi connectivity index (χ1) is 14.4. The van der Waals surface area contributed by atoms with Crippen molar-refractivity contribution < 1.29 is 34.4 Å². The minimum absolute atomic E-state index is 0.00843. The number of carbonyl (C=O) groups excluding carboxylic acids is 2. The lowest BCUT2D eigenvalue weighted by atomic mass is 9.46. The Morgan fingerprint density at radius 3 is 2.61 bits per heavy atom. The van der Waals surface area contributed by atoms with Gasteiger partial charge in [-0.2, -0.15) is 0 Å². The number of allylic oxidation sites excluding steroid dienone is 4. The summed E-state index contributed by atoms with van der Waals surface area (Å²) < 4.78 is 12.4. The summed E-state index contributed by atoms with van der Waals surface area (Å²) in [6.07, 6.45) is 4.15. The zero-order valence-corrected chi connectivity index (χ0v) is 18.5. The molecule has 5 rings (SSSR count). The standard InChI is InChI=1S/C24H32O7/c1-21(2)30-17-10-15-14-6-5-12-9-13(25)7-8-22(12,3)18(14)16(26)11-23(15,4)24(17,31-21)19(27)20(28)29/h7-9,14-18,20,26,28-29H,5-6,10-11H2,1-4H3/t14-,15-,16-,17+,18+,22-,23+,24+/m0/s1. The average Bonchev–Trinajstić information content (AvgIpc) is 3.07. The van der Waals surface area contributed by atoms with Crippen molar-refractivity contribution in [1.82, 2.24) is 0 Å². The maximum Gasteiger partial charge on any atom is 0.223 e. The molecular formula is C24H32O7. The van der Waals surface area contributed by atoms with E-state index in [2.05, 4.69) is 6.92 Å². The van der Waals surface area contributed by atoms with Crippen molar-refractivity contribution in [3.63, 3.8) is 0 Å². The lowest BCUT2D eigenvalue weighted by Crippen LogP contribution is -2.65. The van der Waals surface area contributed by atoms with Gasteiger partial charge in [0, 0.05) is 16.7 Å². The van der Waals surface area contributed by atoms with Gasteiger partial charge >= 0.3 is 0 Å². The summed E-state index contributed by atoms with van der Waals surface area (Å²) in [5, 5.41) is 31.2. The van der Waals surface area contributed by atoms with Crippen molar-refractivity contribution >= 4 is 11.6 Å². The SMILES string of the molecule is CC1(C)O[C@@H]2C[C@H]3[C@@H]4CCC5=CC(=O)C=C[C@]5(C)[C@H]4[C@@H](O)C[C@@]3(C)[C@@]2(C(=O)C(O)O)O1. The first-order valence-corrected chi connectivity index (χ1v) is 11.3. The summed E-state index contributed by atoms with van der Waals surface area (Å²) >= 11 is 0. The molecule has 7 heteroatoms. The number of hydrogen-bond acceptors (Lipinski definition) is 7. The molecule has 5 aliphatic rings. The van der Waals surface area contributed by atoms with Gasteiger partial charge in [0.25, 0.3) is 0 Å². The van der Waals surface area contributed by atoms with Crippen LogP contribution < -0.4 is 0 Å². The summed E-state index contributed by atoms with van der Waals surface area (Å²) in [6, 6.07) is 0. The predicted molar refractivity (Wildman–Crippen MR) is 109 cm³/mol. The Balaban J connectivity index is 1.60. The molecule has 8 atom stereocenters. The number of aliphatic hydroxyl groups is 3. The largest absolute Gasteiger partial charge is 0.393 e. The number of Topliss-reactive ketones (excluding diaryl/α,β-unsaturated/α-hetero) is 1. The van der Waals surface area contributed by atoms with Crippen LogP contribution in [0.3, 0.4) is 0 Å². The molecule has 1 heterocycles. The Labute approximate surface area is 182 Å². The highest BCUT2D eigenvalue weighted by Gasteiger charge is 2.77. The number of ketones is 2. The van der Waals surface area contributed by atoms with Gasteiger partial charge in [-0.15, -0.1) is 0 Å². The number of aliphatic hydroxyl groups excluding tert-OH is 2. The van der Waals surface area contributed by atoms with Gasteiger partial charge in [-0.3, -0.25) is 9.59 Å². The zero-order valence-electron chi connectivity index (χ0n) is 18.5. The molecule has 0 aromatic carbocycles. The fourth-order valence-electron chi connectivity index (χ4n) is 8.05. The third kappa shape index (κ3) is 2.58. The van der Waals surface area contributed by atoms with Crippen LogP contribution in [-0.4, -0.2) is 56.8 Å². The molecule has 1 aliphatic heterocycles. The maximum atomic E-state index is 13.2. The zero-order chi connectivity index (χ0) is 22.6. The molecule has 3 saturated carbocycles. The van der Waals surface area contributed by atoms with Crippen LogP contribution in [0.15, 0.2) is 23.8 Å². The van der Waals surface area contributed by atoms with E-state index in [0.717, 1.165) is 18.4 Å². The van der Waals surface area contributed by atoms with E-state index in [4.69, 9.17) is 9.47 Å². The third-order valence-electron chi connectivity index (χ3n) is 9.09. The second-order valence-corrected chi connectivity index (χ2v) is 11.0. The Morgan fingerprint density at radius 1 is 1.23 bits per heavy atom. The quantitative estimate of drug-likeness (QED) is 0.569. The average molecular weight is 433 g/mol. The van der Waals surface area contributed by atoms with Crippen molar-refractivity contribution in [2.75, 3.05) is 0 Å². The Kier molecular flexibility index (Phi) is 4.40. The second-order valence-electron chi connectivity index (χ2n) is 11.0. The molecule has 4 fully saturated rings. The maximum absolute atomic E-state index is 13.2. The lowest BCUT2D eigenvalue weighted by Gasteiger charge is -2.60. The van der Waals surface area contributed by atoms with E-state index < -0.39 is 46.5 Å². The van der Waals surface area contributed by atoms with Crippen molar-refractivity contribution in [1.29, 1.82) is 0 Å². The van der Waals surface area contributed by atoms with Crippen LogP contribution in [0.1, 0.15) is 53.4 Å². The molecule has 7 nitrogen and oxygen atoms in total. The van der Waals surface area contributed by atoms with Gasteiger partial charge in [0.15, 0.2) is 17.2 Å². The molecule has 0 unspecified atom stereocenters. The van der Waals surface area contributed by atoms with E-state index in [9.17, 15) is 24.9 Å². The summed E-state index contributed by atoms with van der Waals surface area (Å²) in [5.41, 5.74) is -1.67. The molecule has 3 N–H and O–H groups in total. The van der Waals surface area contributed by atoms with Gasteiger partial charge in [-0.25, -0.2) is 0 Å². The molecule has 1 saturated heterocycles. The number of carbonyl (C=O) groups is 2. The van der Waals surface area contributed by atoms with E-state index in [-0.39, 0.29) is 30.0 Å². The fraction of sp³-hybridized carbons (Fsp3) is 0.750. The monoisotopic (exact) mass is 432 g/mol. The summed E-state index contributed by atoms with van der Waals surface area (Å²) in [7, 11) is 0. The van der Waals surface area contributed by atoms with Crippen molar-refractivity contribution in [2.45, 2.75) is 83.3 Å². The normalized spacial score (nSPS) is 49.9. The van der Waals surface area contributed by atoms with Gasteiger partial charge in [-0.05, 0) is 63.5 Å². The topological polar surface area (TPSA) is 113 Å². The van der Waals surface area contributed by atoms with Gasteiger partial charge in [-0.1, -0.05) is 25.5 Å². The molecule has 0 aromatic rings. The Morgan fingerprint density at radius 2 is 1.94 bits per heavy atom. The summed E-state index contributed by atoms with van der Waals surface area (Å²) in [6.45, 7) is 7.49. The van der Waals surface area contributed by atoms with E-state index in [0.29, 0.717) is 6.42 Å². The van der Waals surface area contributed by atoms with Crippen LogP contribution in [0.25, 0.3) is 0 Å². The summed E-state index contributed by atoms with van der Waals surface area (Å²) in [5.74, 6) is -1.82. The van der Waals surface area contributed by atoms with Gasteiger partial charge < -0.3 is 24.8 Å². The predicted octanol–water partition coefficient (Wildman–Crippen LogP) is 1.65. The fourth-order valence-corrected chi connectivity index (χ4v) is 8.05. The Bertz CT molecular complexity index is 904. The van der Waals surface area contributed by atoms with Crippen molar-refractivity contribution in [2.24, 2.45) is 28.6 Å². The number of rotatable bonds is 2. The van der Waals surface area contributed by atoms with Crippen LogP contribution in [0.2, 0.25) is 0 Å². The van der Waals surface area contributed by atoms with Crippen molar-refractivity contribution in [3.05, 3.63) is 23.8 Å². The molecule has 31 heavy (non-hydrogen) atoms. The van der Waals surface area contributed by atoms with E-state index in [1.54, 1.807) is 26.0 Å². The first kappa shape index (κ1) is 21.5. The Hall–Kier alpha value is -1.38. The molecular weight excluding hydrogens is 400 g/mol. The lowest BCUT2D eigenvalue weighted by molar-refractivity contribution is -0.232. The highest BCUT2D eigenvalue weighted by molar-refractivity contribution is 6.01. The first-order valence-electron chi connectivity index (χ1n) is 11.3. The van der Waals surface area contributed by atoms with Gasteiger partial charge in [0.2, 0.25) is 12.1 Å². The molecule has 0 amide bonds. The van der Waals surface area contributed by atoms with Crippen LogP contribution in [-0.2, 0) is 19.1 Å². The van der Waals surface area contributed by atoms with Gasteiger partial charge in [0.1, 0.15) is 0 Å². The third-order valence-corrected chi connectivity index (χ3v) is 9.09. The molecule has 0 aromatic heterocycles. The van der Waals surface area contributed by atoms with Crippen molar-refractivity contribution in [3.8, 4) is 0 Å². The second kappa shape index (κ2) is 6.35. The number of hydrogen-bond donors (Lipinski definition) is 3. The molecule has 0 bridgehead atoms. The van der Waals surface area contributed by atoms with E-state index in [1.807, 2.05) is 13.0 Å². The minimum Gasteiger partial charge on any atom is -0.393 e.